The van der Waals surface area contributed by atoms with Gasteiger partial charge in [-0.2, -0.15) is 0 Å². The Morgan fingerprint density at radius 2 is 2.04 bits per heavy atom. The number of methoxy groups -OCH3 is 1. The Morgan fingerprint density at radius 1 is 1.27 bits per heavy atom. The summed E-state index contributed by atoms with van der Waals surface area (Å²) in [6, 6.07) is 4.92. The Hall–Kier alpha value is -1.96. The first-order chi connectivity index (χ1) is 12.4. The molecule has 0 aromatic heterocycles. The Kier molecular flexibility index (Phi) is 4.06. The van der Waals surface area contributed by atoms with Crippen molar-refractivity contribution in [3.05, 3.63) is 28.8 Å². The minimum atomic E-state index is -1.26. The fourth-order valence-corrected chi connectivity index (χ4v) is 4.82. The van der Waals surface area contributed by atoms with Crippen molar-refractivity contribution in [3.8, 4) is 0 Å². The van der Waals surface area contributed by atoms with E-state index in [9.17, 15) is 14.4 Å². The Labute approximate surface area is 156 Å². The van der Waals surface area contributed by atoms with E-state index in [2.05, 4.69) is 10.6 Å². The molecule has 1 aromatic rings. The summed E-state index contributed by atoms with van der Waals surface area (Å²) in [5, 5.41) is 6.46. The highest BCUT2D eigenvalue weighted by Gasteiger charge is 2.69. The van der Waals surface area contributed by atoms with Crippen LogP contribution in [-0.4, -0.2) is 48.9 Å². The van der Waals surface area contributed by atoms with Gasteiger partial charge < -0.3 is 10.1 Å². The van der Waals surface area contributed by atoms with Gasteiger partial charge in [-0.1, -0.05) is 23.7 Å². The van der Waals surface area contributed by atoms with Crippen LogP contribution in [0.2, 0.25) is 5.02 Å². The highest BCUT2D eigenvalue weighted by molar-refractivity contribution is 6.35. The van der Waals surface area contributed by atoms with Crippen molar-refractivity contribution in [2.45, 2.75) is 24.9 Å². The number of carbonyl (C=O) groups excluding carboxylic acids is 3. The summed E-state index contributed by atoms with van der Waals surface area (Å²) >= 11 is 6.24. The second-order valence-corrected chi connectivity index (χ2v) is 7.44. The molecule has 2 fully saturated rings. The summed E-state index contributed by atoms with van der Waals surface area (Å²) in [6.07, 6.45) is 0.566. The molecule has 1 aromatic carbocycles. The van der Waals surface area contributed by atoms with Gasteiger partial charge in [0, 0.05) is 31.9 Å². The molecule has 2 N–H and O–H groups in total. The number of hydrogen-bond donors (Lipinski definition) is 2. The van der Waals surface area contributed by atoms with Gasteiger partial charge in [0.2, 0.25) is 17.7 Å². The highest BCUT2D eigenvalue weighted by atomic mass is 35.5. The average molecular weight is 378 g/mol. The van der Waals surface area contributed by atoms with E-state index in [1.165, 1.54) is 4.90 Å². The summed E-state index contributed by atoms with van der Waals surface area (Å²) in [7, 11) is 1.58. The number of anilines is 1. The fraction of sp³-hybridized carbons (Fsp3) is 0.500. The Morgan fingerprint density at radius 3 is 2.77 bits per heavy atom. The smallest absolute Gasteiger partial charge is 0.250 e. The molecule has 0 saturated carbocycles. The van der Waals surface area contributed by atoms with E-state index in [1.54, 1.807) is 25.3 Å². The lowest BCUT2D eigenvalue weighted by atomic mass is 9.76. The maximum absolute atomic E-state index is 13.1. The van der Waals surface area contributed by atoms with Gasteiger partial charge in [-0.25, -0.2) is 0 Å². The van der Waals surface area contributed by atoms with E-state index in [4.69, 9.17) is 16.3 Å². The second kappa shape index (κ2) is 6.04. The highest BCUT2D eigenvalue weighted by Crippen LogP contribution is 2.53. The van der Waals surface area contributed by atoms with Crippen LogP contribution in [0.15, 0.2) is 18.2 Å². The number of ether oxygens (including phenoxy) is 1. The first kappa shape index (κ1) is 17.5. The number of benzene rings is 1. The van der Waals surface area contributed by atoms with Crippen LogP contribution < -0.4 is 10.6 Å². The van der Waals surface area contributed by atoms with Crippen molar-refractivity contribution in [2.24, 2.45) is 11.8 Å². The van der Waals surface area contributed by atoms with Gasteiger partial charge in [-0.05, 0) is 19.4 Å². The zero-order chi connectivity index (χ0) is 18.6. The largest absolute Gasteiger partial charge is 0.385 e. The molecule has 3 aliphatic rings. The number of carbonyl (C=O) groups is 3. The van der Waals surface area contributed by atoms with E-state index < -0.39 is 17.4 Å². The molecule has 0 radical (unpaired) electrons. The quantitative estimate of drug-likeness (QED) is 0.606. The predicted molar refractivity (Wildman–Crippen MR) is 94.6 cm³/mol. The van der Waals surface area contributed by atoms with Crippen LogP contribution >= 0.6 is 11.6 Å². The molecule has 3 aliphatic heterocycles. The number of fused-ring (bicyclic) bond motifs is 4. The first-order valence-corrected chi connectivity index (χ1v) is 9.03. The van der Waals surface area contributed by atoms with Crippen molar-refractivity contribution >= 4 is 35.0 Å². The van der Waals surface area contributed by atoms with Crippen molar-refractivity contribution in [3.63, 3.8) is 0 Å². The van der Waals surface area contributed by atoms with E-state index in [0.717, 1.165) is 0 Å². The van der Waals surface area contributed by atoms with Gasteiger partial charge in [0.15, 0.2) is 0 Å². The van der Waals surface area contributed by atoms with Crippen LogP contribution in [0.5, 0.6) is 0 Å². The first-order valence-electron chi connectivity index (χ1n) is 8.65. The molecule has 0 bridgehead atoms. The molecule has 4 atom stereocenters. The van der Waals surface area contributed by atoms with E-state index in [0.29, 0.717) is 35.8 Å². The standard InChI is InChI=1S/C18H20ClN3O4/c1-9-12-13(16(24)22(15(12)23)7-4-8-26-2)18(21-9)10-5-3-6-11(19)14(10)20-17(18)25/h3,5-6,9,12-13,21H,4,7-8H2,1-2H3,(H,20,25)/t9-,12+,13-,18-/m0/s1. The molecular weight excluding hydrogens is 358 g/mol. The van der Waals surface area contributed by atoms with Crippen molar-refractivity contribution < 1.29 is 19.1 Å². The lowest BCUT2D eigenvalue weighted by molar-refractivity contribution is -0.143. The number of amides is 3. The summed E-state index contributed by atoms with van der Waals surface area (Å²) in [5.74, 6) is -2.21. The maximum atomic E-state index is 13.1. The summed E-state index contributed by atoms with van der Waals surface area (Å²) in [5.41, 5.74) is -0.112. The second-order valence-electron chi connectivity index (χ2n) is 7.04. The molecule has 0 aliphatic carbocycles. The number of halogens is 1. The predicted octanol–water partition coefficient (Wildman–Crippen LogP) is 1.12. The zero-order valence-corrected chi connectivity index (χ0v) is 15.3. The summed E-state index contributed by atoms with van der Waals surface area (Å²) in [6.45, 7) is 2.60. The Bertz CT molecular complexity index is 814. The van der Waals surface area contributed by atoms with E-state index in [-0.39, 0.29) is 23.8 Å². The minimum absolute atomic E-state index is 0.226. The molecule has 7 nitrogen and oxygen atoms in total. The summed E-state index contributed by atoms with van der Waals surface area (Å²) in [4.78, 5) is 40.3. The summed E-state index contributed by atoms with van der Waals surface area (Å²) < 4.78 is 5.02. The number of rotatable bonds is 4. The number of hydrogen-bond acceptors (Lipinski definition) is 5. The van der Waals surface area contributed by atoms with Crippen LogP contribution in [0.1, 0.15) is 18.9 Å². The van der Waals surface area contributed by atoms with E-state index in [1.807, 2.05) is 6.92 Å². The molecule has 4 rings (SSSR count). The molecular formula is C18H20ClN3O4. The topological polar surface area (TPSA) is 87.7 Å². The molecule has 26 heavy (non-hydrogen) atoms. The van der Waals surface area contributed by atoms with Crippen molar-refractivity contribution in [1.82, 2.24) is 10.2 Å². The van der Waals surface area contributed by atoms with Crippen LogP contribution in [-0.2, 0) is 24.7 Å². The zero-order valence-electron chi connectivity index (χ0n) is 14.5. The number of imide groups is 1. The van der Waals surface area contributed by atoms with Crippen LogP contribution in [0.3, 0.4) is 0 Å². The van der Waals surface area contributed by atoms with Gasteiger partial charge >= 0.3 is 0 Å². The van der Waals surface area contributed by atoms with Gasteiger partial charge in [-0.15, -0.1) is 0 Å². The van der Waals surface area contributed by atoms with Crippen LogP contribution in [0, 0.1) is 11.8 Å². The normalized spacial score (nSPS) is 32.3. The van der Waals surface area contributed by atoms with E-state index >= 15 is 0 Å². The number of nitrogens with zero attached hydrogens (tertiary/aromatic N) is 1. The minimum Gasteiger partial charge on any atom is -0.385 e. The molecule has 8 heteroatoms. The number of nitrogens with one attached hydrogen (secondary N) is 2. The molecule has 1 spiro atoms. The lowest BCUT2D eigenvalue weighted by Gasteiger charge is -2.29. The monoisotopic (exact) mass is 377 g/mol. The van der Waals surface area contributed by atoms with Gasteiger partial charge in [0.05, 0.1) is 22.5 Å². The van der Waals surface area contributed by atoms with Crippen molar-refractivity contribution in [1.29, 1.82) is 0 Å². The van der Waals surface area contributed by atoms with Crippen LogP contribution in [0.4, 0.5) is 5.69 Å². The Balaban J connectivity index is 1.77. The molecule has 2 saturated heterocycles. The SMILES string of the molecule is COCCCN1C(=O)[C@@H]2[C@H](C)N[C@]3(C(=O)Nc4c(Cl)cccc43)[C@@H]2C1=O. The molecule has 138 valence electrons. The third kappa shape index (κ3) is 2.11. The van der Waals surface area contributed by atoms with Gasteiger partial charge in [0.1, 0.15) is 5.54 Å². The van der Waals surface area contributed by atoms with Crippen LogP contribution in [0.25, 0.3) is 0 Å². The van der Waals surface area contributed by atoms with Gasteiger partial charge in [-0.3, -0.25) is 24.6 Å². The average Bonchev–Trinajstić information content (AvgIpc) is 3.16. The van der Waals surface area contributed by atoms with Crippen molar-refractivity contribution in [2.75, 3.05) is 25.6 Å². The number of likely N-dealkylation sites (tertiary alicyclic amines) is 1. The molecule has 3 amide bonds. The third-order valence-corrected chi connectivity index (χ3v) is 5.98. The molecule has 0 unspecified atom stereocenters. The lowest BCUT2D eigenvalue weighted by Crippen LogP contribution is -2.53. The fourth-order valence-electron chi connectivity index (χ4n) is 4.60. The maximum Gasteiger partial charge on any atom is 0.250 e. The number of para-hydroxylation sites is 1. The van der Waals surface area contributed by atoms with Gasteiger partial charge in [0.25, 0.3) is 0 Å². The molecule has 3 heterocycles. The third-order valence-electron chi connectivity index (χ3n) is 5.67.